The summed E-state index contributed by atoms with van der Waals surface area (Å²) in [6.07, 6.45) is 4.69. The summed E-state index contributed by atoms with van der Waals surface area (Å²) < 4.78 is 0. The fourth-order valence-corrected chi connectivity index (χ4v) is 2.39. The molecule has 0 heterocycles. The lowest BCUT2D eigenvalue weighted by molar-refractivity contribution is 0.677. The first kappa shape index (κ1) is 11.7. The molecule has 1 fully saturated rings. The molecule has 1 aliphatic carbocycles. The standard InChI is InChI=1S/C12H21NS/c1-5-9(2)14-7-6-12(4)8-11(12)10(3)13/h6-7,9,11H,3,5,8,13H2,1-2,4H3/b7-6-. The molecule has 0 radical (unpaired) electrons. The molecule has 0 spiro atoms. The van der Waals surface area contributed by atoms with E-state index in [9.17, 15) is 0 Å². The van der Waals surface area contributed by atoms with Crippen molar-refractivity contribution in [1.29, 1.82) is 0 Å². The van der Waals surface area contributed by atoms with Crippen LogP contribution in [0.25, 0.3) is 0 Å². The quantitative estimate of drug-likeness (QED) is 0.753. The van der Waals surface area contributed by atoms with Gasteiger partial charge in [-0.25, -0.2) is 0 Å². The van der Waals surface area contributed by atoms with Crippen molar-refractivity contribution in [2.24, 2.45) is 17.1 Å². The highest BCUT2D eigenvalue weighted by molar-refractivity contribution is 8.02. The van der Waals surface area contributed by atoms with Gasteiger partial charge in [-0.05, 0) is 23.7 Å². The van der Waals surface area contributed by atoms with Gasteiger partial charge in [0.05, 0.1) is 0 Å². The number of hydrogen-bond acceptors (Lipinski definition) is 2. The monoisotopic (exact) mass is 211 g/mol. The average molecular weight is 211 g/mol. The molecule has 1 aliphatic rings. The number of hydrogen-bond donors (Lipinski definition) is 1. The summed E-state index contributed by atoms with van der Waals surface area (Å²) in [5, 5.41) is 2.95. The van der Waals surface area contributed by atoms with Crippen LogP contribution >= 0.6 is 11.8 Å². The Morgan fingerprint density at radius 3 is 2.86 bits per heavy atom. The summed E-state index contributed by atoms with van der Waals surface area (Å²) in [5.41, 5.74) is 6.83. The molecular formula is C12H21NS. The second-order valence-electron chi connectivity index (χ2n) is 4.50. The van der Waals surface area contributed by atoms with E-state index in [2.05, 4.69) is 38.8 Å². The van der Waals surface area contributed by atoms with Gasteiger partial charge in [0, 0.05) is 16.9 Å². The zero-order valence-corrected chi connectivity index (χ0v) is 10.2. The van der Waals surface area contributed by atoms with Gasteiger partial charge >= 0.3 is 0 Å². The van der Waals surface area contributed by atoms with Crippen molar-refractivity contribution in [3.8, 4) is 0 Å². The van der Waals surface area contributed by atoms with Crippen LogP contribution in [0, 0.1) is 11.3 Å². The zero-order chi connectivity index (χ0) is 10.8. The van der Waals surface area contributed by atoms with E-state index in [0.29, 0.717) is 16.6 Å². The van der Waals surface area contributed by atoms with Crippen LogP contribution in [0.5, 0.6) is 0 Å². The number of rotatable bonds is 5. The number of thioether (sulfide) groups is 1. The van der Waals surface area contributed by atoms with E-state index >= 15 is 0 Å². The van der Waals surface area contributed by atoms with Crippen LogP contribution < -0.4 is 5.73 Å². The van der Waals surface area contributed by atoms with Gasteiger partial charge in [0.25, 0.3) is 0 Å². The van der Waals surface area contributed by atoms with Crippen LogP contribution in [0.2, 0.25) is 0 Å². The molecule has 80 valence electrons. The molecule has 14 heavy (non-hydrogen) atoms. The minimum absolute atomic E-state index is 0.298. The van der Waals surface area contributed by atoms with E-state index in [1.807, 2.05) is 11.8 Å². The Balaban J connectivity index is 2.35. The Labute approximate surface area is 91.8 Å². The molecular weight excluding hydrogens is 190 g/mol. The van der Waals surface area contributed by atoms with Crippen LogP contribution in [0.1, 0.15) is 33.6 Å². The maximum Gasteiger partial charge on any atom is 0.00756 e. The molecule has 0 saturated heterocycles. The molecule has 3 atom stereocenters. The molecule has 0 aromatic rings. The van der Waals surface area contributed by atoms with Gasteiger partial charge in [0.2, 0.25) is 0 Å². The largest absolute Gasteiger partial charge is 0.402 e. The Morgan fingerprint density at radius 2 is 2.43 bits per heavy atom. The van der Waals surface area contributed by atoms with Crippen LogP contribution in [0.15, 0.2) is 23.8 Å². The molecule has 1 saturated carbocycles. The van der Waals surface area contributed by atoms with Gasteiger partial charge in [-0.2, -0.15) is 0 Å². The molecule has 3 unspecified atom stereocenters. The molecule has 1 nitrogen and oxygen atoms in total. The Hall–Kier alpha value is -0.370. The van der Waals surface area contributed by atoms with E-state index in [-0.39, 0.29) is 0 Å². The highest BCUT2D eigenvalue weighted by Crippen LogP contribution is 2.56. The van der Waals surface area contributed by atoms with Crippen LogP contribution in [-0.2, 0) is 0 Å². The van der Waals surface area contributed by atoms with E-state index in [4.69, 9.17) is 5.73 Å². The Bertz CT molecular complexity index is 247. The molecule has 0 amide bonds. The lowest BCUT2D eigenvalue weighted by Crippen LogP contribution is -2.02. The minimum Gasteiger partial charge on any atom is -0.402 e. The van der Waals surface area contributed by atoms with Gasteiger partial charge in [0.15, 0.2) is 0 Å². The topological polar surface area (TPSA) is 26.0 Å². The smallest absolute Gasteiger partial charge is 0.00756 e. The van der Waals surface area contributed by atoms with Crippen molar-refractivity contribution in [2.75, 3.05) is 0 Å². The summed E-state index contributed by atoms with van der Waals surface area (Å²) in [6.45, 7) is 10.5. The van der Waals surface area contributed by atoms with Gasteiger partial charge in [-0.3, -0.25) is 0 Å². The van der Waals surface area contributed by atoms with Gasteiger partial charge in [0.1, 0.15) is 0 Å². The lowest BCUT2D eigenvalue weighted by atomic mass is 10.1. The summed E-state index contributed by atoms with van der Waals surface area (Å²) in [6, 6.07) is 0. The van der Waals surface area contributed by atoms with Crippen molar-refractivity contribution >= 4 is 11.8 Å². The third kappa shape index (κ3) is 2.81. The van der Waals surface area contributed by atoms with E-state index < -0.39 is 0 Å². The van der Waals surface area contributed by atoms with Crippen LogP contribution in [-0.4, -0.2) is 5.25 Å². The maximum absolute atomic E-state index is 5.70. The second-order valence-corrected chi connectivity index (χ2v) is 5.84. The number of nitrogens with two attached hydrogens (primary N) is 1. The number of allylic oxidation sites excluding steroid dienone is 2. The average Bonchev–Trinajstić information content (AvgIpc) is 2.78. The fourth-order valence-electron chi connectivity index (χ4n) is 1.54. The van der Waals surface area contributed by atoms with E-state index in [1.54, 1.807) is 0 Å². The first-order valence-electron chi connectivity index (χ1n) is 5.27. The maximum atomic E-state index is 5.70. The predicted octanol–water partition coefficient (Wildman–Crippen LogP) is 3.53. The molecule has 0 aliphatic heterocycles. The predicted molar refractivity (Wildman–Crippen MR) is 66.0 cm³/mol. The second kappa shape index (κ2) is 4.43. The first-order chi connectivity index (χ1) is 6.49. The summed E-state index contributed by atoms with van der Waals surface area (Å²) in [7, 11) is 0. The Kier molecular flexibility index (Phi) is 3.71. The third-order valence-corrected chi connectivity index (χ3v) is 4.15. The van der Waals surface area contributed by atoms with Crippen molar-refractivity contribution in [1.82, 2.24) is 0 Å². The SMILES string of the molecule is C=C(N)C1CC1(C)/C=C\SC(C)CC. The van der Waals surface area contributed by atoms with E-state index in [1.165, 1.54) is 12.8 Å². The first-order valence-corrected chi connectivity index (χ1v) is 6.21. The molecule has 1 rings (SSSR count). The van der Waals surface area contributed by atoms with Crippen molar-refractivity contribution < 1.29 is 0 Å². The van der Waals surface area contributed by atoms with E-state index in [0.717, 1.165) is 5.70 Å². The van der Waals surface area contributed by atoms with Crippen molar-refractivity contribution in [2.45, 2.75) is 38.9 Å². The summed E-state index contributed by atoms with van der Waals surface area (Å²) >= 11 is 1.91. The fraction of sp³-hybridized carbons (Fsp3) is 0.667. The molecule has 0 bridgehead atoms. The van der Waals surface area contributed by atoms with Crippen molar-refractivity contribution in [3.63, 3.8) is 0 Å². The van der Waals surface area contributed by atoms with Crippen molar-refractivity contribution in [3.05, 3.63) is 23.8 Å². The highest BCUT2D eigenvalue weighted by atomic mass is 32.2. The third-order valence-electron chi connectivity index (χ3n) is 3.06. The summed E-state index contributed by atoms with van der Waals surface area (Å²) in [5.74, 6) is 0.510. The molecule has 2 N–H and O–H groups in total. The Morgan fingerprint density at radius 1 is 1.79 bits per heavy atom. The van der Waals surface area contributed by atoms with Gasteiger partial charge in [-0.15, -0.1) is 11.8 Å². The van der Waals surface area contributed by atoms with Crippen LogP contribution in [0.3, 0.4) is 0 Å². The van der Waals surface area contributed by atoms with Gasteiger partial charge < -0.3 is 5.73 Å². The van der Waals surface area contributed by atoms with Gasteiger partial charge in [-0.1, -0.05) is 33.4 Å². The summed E-state index contributed by atoms with van der Waals surface area (Å²) in [4.78, 5) is 0. The highest BCUT2D eigenvalue weighted by Gasteiger charge is 2.48. The lowest BCUT2D eigenvalue weighted by Gasteiger charge is -2.06. The molecule has 0 aromatic carbocycles. The molecule has 2 heteroatoms. The normalized spacial score (nSPS) is 33.2. The minimum atomic E-state index is 0.298. The zero-order valence-electron chi connectivity index (χ0n) is 9.42. The molecule has 0 aromatic heterocycles. The van der Waals surface area contributed by atoms with Crippen LogP contribution in [0.4, 0.5) is 0 Å².